The molecule has 1 aromatic heterocycles. The van der Waals surface area contributed by atoms with Gasteiger partial charge in [0.25, 0.3) is 5.91 Å². The van der Waals surface area contributed by atoms with Crippen molar-refractivity contribution in [3.05, 3.63) is 53.9 Å². The summed E-state index contributed by atoms with van der Waals surface area (Å²) in [6, 6.07) is 8.95. The second kappa shape index (κ2) is 6.75. The van der Waals surface area contributed by atoms with Gasteiger partial charge in [-0.2, -0.15) is 0 Å². The average molecular weight is 279 g/mol. The number of nitrogens with one attached hydrogen (secondary N) is 1. The largest absolute Gasteiger partial charge is 0.496 e. The van der Waals surface area contributed by atoms with Crippen molar-refractivity contribution < 1.29 is 9.53 Å². The van der Waals surface area contributed by atoms with Crippen LogP contribution in [0.4, 0.5) is 5.69 Å². The first kappa shape index (κ1) is 15.0. The number of aromatic nitrogens is 1. The van der Waals surface area contributed by atoms with E-state index in [1.54, 1.807) is 31.5 Å². The first-order chi connectivity index (χ1) is 8.70. The van der Waals surface area contributed by atoms with E-state index >= 15 is 0 Å². The molecule has 0 aliphatic heterocycles. The van der Waals surface area contributed by atoms with Gasteiger partial charge in [0.1, 0.15) is 5.75 Å². The molecule has 0 bridgehead atoms. The number of ether oxygens (including phenoxy) is 1. The third kappa shape index (κ3) is 3.69. The maximum atomic E-state index is 11.9. The maximum absolute atomic E-state index is 11.9. The van der Waals surface area contributed by atoms with E-state index in [0.717, 1.165) is 17.0 Å². The number of rotatable bonds is 3. The smallest absolute Gasteiger partial charge is 0.257 e. The van der Waals surface area contributed by atoms with Crippen LogP contribution in [0, 0.1) is 6.92 Å². The van der Waals surface area contributed by atoms with Crippen molar-refractivity contribution in [2.45, 2.75) is 6.92 Å². The van der Waals surface area contributed by atoms with Crippen molar-refractivity contribution in [2.24, 2.45) is 0 Å². The minimum atomic E-state index is -0.173. The number of hydrogen-bond acceptors (Lipinski definition) is 3. The van der Waals surface area contributed by atoms with Crippen LogP contribution in [0.1, 0.15) is 15.9 Å². The molecule has 1 N–H and O–H groups in total. The molecule has 1 heterocycles. The third-order valence-electron chi connectivity index (χ3n) is 2.58. The molecule has 0 aliphatic rings. The summed E-state index contributed by atoms with van der Waals surface area (Å²) in [6.45, 7) is 1.93. The molecule has 2 rings (SSSR count). The Balaban J connectivity index is 0.00000180. The van der Waals surface area contributed by atoms with Crippen LogP contribution in [-0.4, -0.2) is 18.0 Å². The molecule has 0 aliphatic carbocycles. The van der Waals surface area contributed by atoms with Crippen LogP contribution in [0.15, 0.2) is 42.7 Å². The Morgan fingerprint density at radius 2 is 2.11 bits per heavy atom. The fourth-order valence-electron chi connectivity index (χ4n) is 1.66. The molecule has 0 atom stereocenters. The summed E-state index contributed by atoms with van der Waals surface area (Å²) in [7, 11) is 1.62. The van der Waals surface area contributed by atoms with E-state index < -0.39 is 0 Å². The van der Waals surface area contributed by atoms with E-state index in [-0.39, 0.29) is 18.3 Å². The molecule has 0 unspecified atom stereocenters. The van der Waals surface area contributed by atoms with Gasteiger partial charge in [0, 0.05) is 18.1 Å². The lowest BCUT2D eigenvalue weighted by molar-refractivity contribution is 0.102. The van der Waals surface area contributed by atoms with Crippen molar-refractivity contribution in [1.29, 1.82) is 0 Å². The number of nitrogens with zero attached hydrogens (tertiary/aromatic N) is 1. The highest BCUT2D eigenvalue weighted by molar-refractivity contribution is 6.04. The lowest BCUT2D eigenvalue weighted by atomic mass is 10.2. The minimum absolute atomic E-state index is 0. The van der Waals surface area contributed by atoms with E-state index in [0.29, 0.717) is 5.56 Å². The van der Waals surface area contributed by atoms with Crippen molar-refractivity contribution in [3.63, 3.8) is 0 Å². The molecule has 100 valence electrons. The molecule has 5 heteroatoms. The monoisotopic (exact) mass is 278 g/mol. The zero-order valence-corrected chi connectivity index (χ0v) is 11.5. The third-order valence-corrected chi connectivity index (χ3v) is 2.58. The first-order valence-corrected chi connectivity index (χ1v) is 5.56. The maximum Gasteiger partial charge on any atom is 0.257 e. The molecule has 19 heavy (non-hydrogen) atoms. The summed E-state index contributed by atoms with van der Waals surface area (Å²) in [6.07, 6.45) is 3.17. The lowest BCUT2D eigenvalue weighted by Gasteiger charge is -2.08. The summed E-state index contributed by atoms with van der Waals surface area (Å²) in [5.74, 6) is 0.627. The molecular weight excluding hydrogens is 264 g/mol. The number of carbonyl (C=O) groups is 1. The van der Waals surface area contributed by atoms with E-state index in [1.165, 1.54) is 6.20 Å². The van der Waals surface area contributed by atoms with Crippen molar-refractivity contribution >= 4 is 24.0 Å². The predicted molar refractivity (Wildman–Crippen MR) is 77.2 cm³/mol. The SMILES string of the molecule is COc1ccc(NC(=O)c2cccnc2)cc1C.Cl. The second-order valence-corrected chi connectivity index (χ2v) is 3.88. The highest BCUT2D eigenvalue weighted by Gasteiger charge is 2.06. The molecular formula is C14H15ClN2O2. The summed E-state index contributed by atoms with van der Waals surface area (Å²) in [5.41, 5.74) is 2.25. The van der Waals surface area contributed by atoms with E-state index in [4.69, 9.17) is 4.74 Å². The quantitative estimate of drug-likeness (QED) is 0.939. The summed E-state index contributed by atoms with van der Waals surface area (Å²) in [5, 5.41) is 2.82. The predicted octanol–water partition coefficient (Wildman–Crippen LogP) is 3.07. The standard InChI is InChI=1S/C14H14N2O2.ClH/c1-10-8-12(5-6-13(10)18-2)16-14(17)11-4-3-7-15-9-11;/h3-9H,1-2H3,(H,16,17);1H. The second-order valence-electron chi connectivity index (χ2n) is 3.88. The Morgan fingerprint density at radius 1 is 1.32 bits per heavy atom. The van der Waals surface area contributed by atoms with E-state index in [2.05, 4.69) is 10.3 Å². The van der Waals surface area contributed by atoms with Crippen molar-refractivity contribution in [3.8, 4) is 5.75 Å². The van der Waals surface area contributed by atoms with Crippen LogP contribution < -0.4 is 10.1 Å². The van der Waals surface area contributed by atoms with Crippen molar-refractivity contribution in [2.75, 3.05) is 12.4 Å². The average Bonchev–Trinajstić information content (AvgIpc) is 2.40. The van der Waals surface area contributed by atoms with Crippen LogP contribution in [0.2, 0.25) is 0 Å². The van der Waals surface area contributed by atoms with Gasteiger partial charge in [-0.15, -0.1) is 12.4 Å². The summed E-state index contributed by atoms with van der Waals surface area (Å²) in [4.78, 5) is 15.8. The van der Waals surface area contributed by atoms with Gasteiger partial charge in [0.2, 0.25) is 0 Å². The Hall–Kier alpha value is -2.07. The Labute approximate surface area is 118 Å². The zero-order valence-electron chi connectivity index (χ0n) is 10.7. The van der Waals surface area contributed by atoms with Gasteiger partial charge >= 0.3 is 0 Å². The van der Waals surface area contributed by atoms with E-state index in [9.17, 15) is 4.79 Å². The van der Waals surface area contributed by atoms with Gasteiger partial charge < -0.3 is 10.1 Å². The summed E-state index contributed by atoms with van der Waals surface area (Å²) < 4.78 is 5.17. The van der Waals surface area contributed by atoms with Gasteiger partial charge in [0.15, 0.2) is 0 Å². The normalized spacial score (nSPS) is 9.37. The molecule has 1 amide bonds. The van der Waals surface area contributed by atoms with Crippen molar-refractivity contribution in [1.82, 2.24) is 4.98 Å². The topological polar surface area (TPSA) is 51.2 Å². The van der Waals surface area contributed by atoms with Gasteiger partial charge in [0.05, 0.1) is 12.7 Å². The first-order valence-electron chi connectivity index (χ1n) is 5.56. The van der Waals surface area contributed by atoms with Gasteiger partial charge in [-0.05, 0) is 42.8 Å². The molecule has 4 nitrogen and oxygen atoms in total. The highest BCUT2D eigenvalue weighted by Crippen LogP contribution is 2.21. The van der Waals surface area contributed by atoms with Crippen LogP contribution in [0.3, 0.4) is 0 Å². The number of benzene rings is 1. The molecule has 0 fully saturated rings. The lowest BCUT2D eigenvalue weighted by Crippen LogP contribution is -2.12. The number of aryl methyl sites for hydroxylation is 1. The molecule has 0 saturated carbocycles. The minimum Gasteiger partial charge on any atom is -0.496 e. The number of anilines is 1. The zero-order chi connectivity index (χ0) is 13.0. The molecule has 0 saturated heterocycles. The van der Waals surface area contributed by atoms with Gasteiger partial charge in [-0.3, -0.25) is 9.78 Å². The number of hydrogen-bond donors (Lipinski definition) is 1. The van der Waals surface area contributed by atoms with Gasteiger partial charge in [-0.25, -0.2) is 0 Å². The van der Waals surface area contributed by atoms with Gasteiger partial charge in [-0.1, -0.05) is 0 Å². The Kier molecular flexibility index (Phi) is 5.33. The number of pyridine rings is 1. The summed E-state index contributed by atoms with van der Waals surface area (Å²) >= 11 is 0. The molecule has 0 radical (unpaired) electrons. The number of methoxy groups -OCH3 is 1. The Morgan fingerprint density at radius 3 is 2.68 bits per heavy atom. The van der Waals surface area contributed by atoms with Crippen LogP contribution >= 0.6 is 12.4 Å². The van der Waals surface area contributed by atoms with E-state index in [1.807, 2.05) is 19.1 Å². The number of halogens is 1. The fourth-order valence-corrected chi connectivity index (χ4v) is 1.66. The van der Waals surface area contributed by atoms with Crippen LogP contribution in [-0.2, 0) is 0 Å². The Bertz CT molecular complexity index is 559. The van der Waals surface area contributed by atoms with Crippen LogP contribution in [0.25, 0.3) is 0 Å². The molecule has 1 aromatic carbocycles. The van der Waals surface area contributed by atoms with Crippen LogP contribution in [0.5, 0.6) is 5.75 Å². The highest BCUT2D eigenvalue weighted by atomic mass is 35.5. The molecule has 2 aromatic rings. The fraction of sp³-hybridized carbons (Fsp3) is 0.143. The molecule has 0 spiro atoms. The number of carbonyl (C=O) groups excluding carboxylic acids is 1. The number of amides is 1.